The van der Waals surface area contributed by atoms with Gasteiger partial charge >= 0.3 is 0 Å². The molecule has 3 aromatic rings. The highest BCUT2D eigenvalue weighted by molar-refractivity contribution is 6.02. The molecular formula is C28H33N7O3. The molecule has 2 aliphatic heterocycles. The zero-order valence-electron chi connectivity index (χ0n) is 22.0. The standard InChI is InChI=1S/C28H33N7O3/c1-33(2)28(37)21-14-29-25(32-27(36)17-7-8-17)13-23(21)31-22-6-4-5-19-20-15-30-35(18-9-11-38-12-10-18)24(20)16-34(3)26(19)22/h4-6,13-15,17-18H,7-12,16H2,1-3H3,(H2,29,31,32,36). The van der Waals surface area contributed by atoms with E-state index in [-0.39, 0.29) is 17.7 Å². The molecule has 3 aliphatic rings. The Kier molecular flexibility index (Phi) is 6.27. The van der Waals surface area contributed by atoms with Gasteiger partial charge in [-0.15, -0.1) is 0 Å². The van der Waals surface area contributed by atoms with Crippen LogP contribution in [0.15, 0.2) is 36.7 Å². The molecule has 1 aliphatic carbocycles. The number of aromatic nitrogens is 3. The number of fused-ring (bicyclic) bond motifs is 3. The molecule has 0 spiro atoms. The summed E-state index contributed by atoms with van der Waals surface area (Å²) in [6, 6.07) is 8.24. The summed E-state index contributed by atoms with van der Waals surface area (Å²) in [6.07, 6.45) is 7.25. The average Bonchev–Trinajstić information content (AvgIpc) is 3.69. The highest BCUT2D eigenvalue weighted by Gasteiger charge is 2.31. The fourth-order valence-electron chi connectivity index (χ4n) is 5.35. The molecule has 0 atom stereocenters. The van der Waals surface area contributed by atoms with Crippen molar-refractivity contribution in [3.63, 3.8) is 0 Å². The zero-order valence-corrected chi connectivity index (χ0v) is 22.0. The van der Waals surface area contributed by atoms with E-state index in [0.717, 1.165) is 67.9 Å². The number of amides is 2. The summed E-state index contributed by atoms with van der Waals surface area (Å²) in [5.41, 5.74) is 6.36. The molecule has 6 rings (SSSR count). The second-order valence-corrected chi connectivity index (χ2v) is 10.6. The van der Waals surface area contributed by atoms with Gasteiger partial charge in [0.15, 0.2) is 0 Å². The van der Waals surface area contributed by atoms with Crippen LogP contribution in [-0.2, 0) is 16.1 Å². The van der Waals surface area contributed by atoms with Crippen molar-refractivity contribution >= 4 is 34.7 Å². The molecule has 1 aromatic carbocycles. The molecule has 0 radical (unpaired) electrons. The maximum Gasteiger partial charge on any atom is 0.257 e. The van der Waals surface area contributed by atoms with Crippen LogP contribution in [0.3, 0.4) is 0 Å². The Hall–Kier alpha value is -3.92. The number of para-hydroxylation sites is 1. The van der Waals surface area contributed by atoms with Crippen LogP contribution >= 0.6 is 0 Å². The number of carbonyl (C=O) groups is 2. The van der Waals surface area contributed by atoms with Gasteiger partial charge in [-0.2, -0.15) is 5.10 Å². The van der Waals surface area contributed by atoms with Gasteiger partial charge in [0.25, 0.3) is 5.91 Å². The Bertz CT molecular complexity index is 1390. The third-order valence-corrected chi connectivity index (χ3v) is 7.54. The topological polar surface area (TPSA) is 105 Å². The first-order chi connectivity index (χ1) is 18.4. The van der Waals surface area contributed by atoms with Crippen LogP contribution < -0.4 is 15.5 Å². The van der Waals surface area contributed by atoms with Gasteiger partial charge in [-0.1, -0.05) is 12.1 Å². The van der Waals surface area contributed by atoms with Gasteiger partial charge in [-0.25, -0.2) is 4.98 Å². The van der Waals surface area contributed by atoms with E-state index in [0.29, 0.717) is 23.1 Å². The molecule has 0 unspecified atom stereocenters. The van der Waals surface area contributed by atoms with Gasteiger partial charge in [0.1, 0.15) is 5.82 Å². The van der Waals surface area contributed by atoms with Crippen LogP contribution in [0.5, 0.6) is 0 Å². The number of hydrogen-bond acceptors (Lipinski definition) is 7. The van der Waals surface area contributed by atoms with Gasteiger partial charge < -0.3 is 25.2 Å². The molecule has 2 fully saturated rings. The molecular weight excluding hydrogens is 482 g/mol. The minimum absolute atomic E-state index is 0.0268. The van der Waals surface area contributed by atoms with Crippen LogP contribution in [0.2, 0.25) is 0 Å². The predicted molar refractivity (Wildman–Crippen MR) is 146 cm³/mol. The SMILES string of the molecule is CN(C)C(=O)c1cnc(NC(=O)C2CC2)cc1Nc1cccc2c1N(C)Cc1c-2cnn1C1CCOCC1. The van der Waals surface area contributed by atoms with E-state index < -0.39 is 0 Å². The number of anilines is 4. The number of nitrogens with zero attached hydrogens (tertiary/aromatic N) is 5. The van der Waals surface area contributed by atoms with E-state index in [4.69, 9.17) is 9.84 Å². The summed E-state index contributed by atoms with van der Waals surface area (Å²) < 4.78 is 7.75. The molecule has 1 saturated heterocycles. The molecule has 2 aromatic heterocycles. The van der Waals surface area contributed by atoms with Crippen molar-refractivity contribution in [3.8, 4) is 11.1 Å². The molecule has 4 heterocycles. The minimum atomic E-state index is -0.168. The normalized spacial score (nSPS) is 17.0. The summed E-state index contributed by atoms with van der Waals surface area (Å²) in [5, 5.41) is 11.2. The van der Waals surface area contributed by atoms with Gasteiger partial charge in [-0.05, 0) is 31.7 Å². The second kappa shape index (κ2) is 9.75. The molecule has 2 N–H and O–H groups in total. The van der Waals surface area contributed by atoms with Crippen molar-refractivity contribution in [1.82, 2.24) is 19.7 Å². The van der Waals surface area contributed by atoms with Gasteiger partial charge in [0, 0.05) is 63.7 Å². The summed E-state index contributed by atoms with van der Waals surface area (Å²) in [7, 11) is 5.50. The lowest BCUT2D eigenvalue weighted by molar-refractivity contribution is -0.117. The smallest absolute Gasteiger partial charge is 0.257 e. The van der Waals surface area contributed by atoms with E-state index >= 15 is 0 Å². The van der Waals surface area contributed by atoms with Crippen molar-refractivity contribution < 1.29 is 14.3 Å². The molecule has 198 valence electrons. The van der Waals surface area contributed by atoms with E-state index in [1.54, 1.807) is 20.2 Å². The Morgan fingerprint density at radius 1 is 1.05 bits per heavy atom. The number of nitrogens with one attached hydrogen (secondary N) is 2. The third kappa shape index (κ3) is 4.49. The lowest BCUT2D eigenvalue weighted by Gasteiger charge is -2.32. The first-order valence-corrected chi connectivity index (χ1v) is 13.2. The first-order valence-electron chi connectivity index (χ1n) is 13.2. The average molecular weight is 516 g/mol. The number of benzene rings is 1. The van der Waals surface area contributed by atoms with E-state index in [2.05, 4.69) is 38.3 Å². The van der Waals surface area contributed by atoms with Crippen LogP contribution in [-0.4, -0.2) is 65.8 Å². The fourth-order valence-corrected chi connectivity index (χ4v) is 5.35. The number of hydrogen-bond donors (Lipinski definition) is 2. The van der Waals surface area contributed by atoms with E-state index in [1.165, 1.54) is 16.8 Å². The summed E-state index contributed by atoms with van der Waals surface area (Å²) in [6.45, 7) is 2.26. The number of carbonyl (C=O) groups excluding carboxylic acids is 2. The van der Waals surface area contributed by atoms with Crippen LogP contribution in [0, 0.1) is 5.92 Å². The molecule has 2 amide bonds. The summed E-state index contributed by atoms with van der Waals surface area (Å²) in [4.78, 5) is 33.5. The number of ether oxygens (including phenoxy) is 1. The quantitative estimate of drug-likeness (QED) is 0.511. The lowest BCUT2D eigenvalue weighted by atomic mass is 9.97. The molecule has 10 heteroatoms. The molecule has 38 heavy (non-hydrogen) atoms. The van der Waals surface area contributed by atoms with Crippen LogP contribution in [0.1, 0.15) is 47.8 Å². The predicted octanol–water partition coefficient (Wildman–Crippen LogP) is 4.04. The largest absolute Gasteiger partial charge is 0.381 e. The minimum Gasteiger partial charge on any atom is -0.381 e. The van der Waals surface area contributed by atoms with E-state index in [9.17, 15) is 9.59 Å². The summed E-state index contributed by atoms with van der Waals surface area (Å²) >= 11 is 0. The zero-order chi connectivity index (χ0) is 26.4. The lowest BCUT2D eigenvalue weighted by Crippen LogP contribution is -2.28. The monoisotopic (exact) mass is 515 g/mol. The van der Waals surface area contributed by atoms with Crippen molar-refractivity contribution in [2.75, 3.05) is 49.9 Å². The second-order valence-electron chi connectivity index (χ2n) is 10.6. The van der Waals surface area contributed by atoms with Crippen LogP contribution in [0.4, 0.5) is 22.9 Å². The molecule has 10 nitrogen and oxygen atoms in total. The third-order valence-electron chi connectivity index (χ3n) is 7.54. The van der Waals surface area contributed by atoms with Crippen LogP contribution in [0.25, 0.3) is 11.1 Å². The van der Waals surface area contributed by atoms with Crippen molar-refractivity contribution in [2.24, 2.45) is 5.92 Å². The Morgan fingerprint density at radius 3 is 2.58 bits per heavy atom. The van der Waals surface area contributed by atoms with Crippen molar-refractivity contribution in [1.29, 1.82) is 0 Å². The molecule has 0 bridgehead atoms. The van der Waals surface area contributed by atoms with Gasteiger partial charge in [0.05, 0.1) is 47.1 Å². The first kappa shape index (κ1) is 24.4. The van der Waals surface area contributed by atoms with Crippen molar-refractivity contribution in [3.05, 3.63) is 47.9 Å². The van der Waals surface area contributed by atoms with E-state index in [1.807, 2.05) is 18.3 Å². The molecule has 1 saturated carbocycles. The number of pyridine rings is 1. The van der Waals surface area contributed by atoms with Gasteiger partial charge in [-0.3, -0.25) is 14.3 Å². The summed E-state index contributed by atoms with van der Waals surface area (Å²) in [5.74, 6) is 0.291. The fraction of sp³-hybridized carbons (Fsp3) is 0.429. The van der Waals surface area contributed by atoms with Gasteiger partial charge in [0.2, 0.25) is 5.91 Å². The maximum absolute atomic E-state index is 13.0. The highest BCUT2D eigenvalue weighted by Crippen LogP contribution is 2.45. The van der Waals surface area contributed by atoms with Crippen molar-refractivity contribution in [2.45, 2.75) is 38.3 Å². The Labute approximate surface area is 222 Å². The number of rotatable bonds is 6. The Morgan fingerprint density at radius 2 is 1.84 bits per heavy atom. The highest BCUT2D eigenvalue weighted by atomic mass is 16.5. The Balaban J connectivity index is 1.37. The maximum atomic E-state index is 13.0.